The second-order valence-electron chi connectivity index (χ2n) is 5.72. The van der Waals surface area contributed by atoms with E-state index >= 15 is 0 Å². The van der Waals surface area contributed by atoms with Crippen molar-refractivity contribution in [3.63, 3.8) is 0 Å². The quantitative estimate of drug-likeness (QED) is 0.799. The second kappa shape index (κ2) is 5.40. The van der Waals surface area contributed by atoms with Crippen LogP contribution in [0.2, 0.25) is 0 Å². The summed E-state index contributed by atoms with van der Waals surface area (Å²) in [6, 6.07) is 2.24. The van der Waals surface area contributed by atoms with Gasteiger partial charge in [0.05, 0.1) is 6.20 Å². The molecular formula is C17H19N5. The summed E-state index contributed by atoms with van der Waals surface area (Å²) in [6.45, 7) is 2.90. The first kappa shape index (κ1) is 13.2. The summed E-state index contributed by atoms with van der Waals surface area (Å²) in [5.41, 5.74) is 5.56. The van der Waals surface area contributed by atoms with Gasteiger partial charge in [0, 0.05) is 29.9 Å². The lowest BCUT2D eigenvalue weighted by molar-refractivity contribution is 0.679. The molecule has 0 aromatic carbocycles. The summed E-state index contributed by atoms with van der Waals surface area (Å²) in [5.74, 6) is 0. The highest BCUT2D eigenvalue weighted by molar-refractivity contribution is 5.92. The van der Waals surface area contributed by atoms with Crippen LogP contribution in [0.3, 0.4) is 0 Å². The predicted molar refractivity (Wildman–Crippen MR) is 87.2 cm³/mol. The van der Waals surface area contributed by atoms with E-state index in [0.29, 0.717) is 0 Å². The van der Waals surface area contributed by atoms with Gasteiger partial charge in [-0.3, -0.25) is 5.10 Å². The van der Waals surface area contributed by atoms with Crippen LogP contribution in [-0.4, -0.2) is 25.0 Å². The van der Waals surface area contributed by atoms with E-state index < -0.39 is 0 Å². The molecule has 0 amide bonds. The van der Waals surface area contributed by atoms with Crippen LogP contribution in [0.15, 0.2) is 30.7 Å². The molecule has 3 aromatic rings. The molecule has 1 aliphatic carbocycles. The molecule has 0 radical (unpaired) electrons. The van der Waals surface area contributed by atoms with E-state index in [1.54, 1.807) is 0 Å². The molecule has 0 bridgehead atoms. The van der Waals surface area contributed by atoms with Gasteiger partial charge in [-0.05, 0) is 49.8 Å². The number of aryl methyl sites for hydroxylation is 1. The highest BCUT2D eigenvalue weighted by Gasteiger charge is 2.16. The van der Waals surface area contributed by atoms with Crippen molar-refractivity contribution < 1.29 is 0 Å². The van der Waals surface area contributed by atoms with E-state index in [-0.39, 0.29) is 0 Å². The Morgan fingerprint density at radius 1 is 1.23 bits per heavy atom. The fraction of sp³-hybridized carbons (Fsp3) is 0.353. The maximum Gasteiger partial charge on any atom is 0.158 e. The zero-order valence-electron chi connectivity index (χ0n) is 12.7. The highest BCUT2D eigenvalue weighted by atomic mass is 15.3. The number of nitrogens with one attached hydrogen (secondary N) is 1. The van der Waals surface area contributed by atoms with Crippen LogP contribution >= 0.6 is 0 Å². The fourth-order valence-electron chi connectivity index (χ4n) is 3.15. The van der Waals surface area contributed by atoms with Crippen molar-refractivity contribution in [2.45, 2.75) is 39.2 Å². The Labute approximate surface area is 129 Å². The normalized spacial score (nSPS) is 15.2. The van der Waals surface area contributed by atoms with Crippen LogP contribution in [0.25, 0.3) is 27.9 Å². The molecule has 4 rings (SSSR count). The van der Waals surface area contributed by atoms with Crippen LogP contribution < -0.4 is 0 Å². The van der Waals surface area contributed by atoms with Crippen molar-refractivity contribution in [2.75, 3.05) is 0 Å². The standard InChI is InChI=1S/C17H19N5/c1-2-22-17-15(16(21-22)14-10-19-20-11-14)8-13(9-18-17)12-6-4-3-5-7-12/h6,8-11H,2-5,7H2,1H3,(H,19,20). The van der Waals surface area contributed by atoms with Gasteiger partial charge in [-0.15, -0.1) is 0 Å². The summed E-state index contributed by atoms with van der Waals surface area (Å²) >= 11 is 0. The number of hydrogen-bond donors (Lipinski definition) is 1. The van der Waals surface area contributed by atoms with E-state index in [4.69, 9.17) is 5.10 Å². The van der Waals surface area contributed by atoms with Gasteiger partial charge in [0.15, 0.2) is 5.65 Å². The molecule has 5 nitrogen and oxygen atoms in total. The lowest BCUT2D eigenvalue weighted by Gasteiger charge is -2.12. The molecule has 3 heterocycles. The molecule has 0 aliphatic heterocycles. The lowest BCUT2D eigenvalue weighted by atomic mass is 9.94. The Morgan fingerprint density at radius 2 is 2.18 bits per heavy atom. The van der Waals surface area contributed by atoms with Gasteiger partial charge >= 0.3 is 0 Å². The van der Waals surface area contributed by atoms with Crippen molar-refractivity contribution in [3.05, 3.63) is 36.3 Å². The number of nitrogens with zero attached hydrogens (tertiary/aromatic N) is 4. The van der Waals surface area contributed by atoms with E-state index in [0.717, 1.165) is 35.3 Å². The first-order valence-electron chi connectivity index (χ1n) is 7.92. The zero-order chi connectivity index (χ0) is 14.9. The topological polar surface area (TPSA) is 59.4 Å². The number of hydrogen-bond acceptors (Lipinski definition) is 3. The Kier molecular flexibility index (Phi) is 3.25. The van der Waals surface area contributed by atoms with Crippen molar-refractivity contribution in [3.8, 4) is 11.3 Å². The molecule has 0 atom stereocenters. The number of H-pyrrole nitrogens is 1. The molecule has 3 aromatic heterocycles. The minimum absolute atomic E-state index is 0.809. The third kappa shape index (κ3) is 2.13. The van der Waals surface area contributed by atoms with Gasteiger partial charge in [0.1, 0.15) is 5.69 Å². The van der Waals surface area contributed by atoms with Crippen LogP contribution in [0, 0.1) is 0 Å². The lowest BCUT2D eigenvalue weighted by Crippen LogP contribution is -1.98. The van der Waals surface area contributed by atoms with Gasteiger partial charge in [-0.2, -0.15) is 10.2 Å². The third-order valence-electron chi connectivity index (χ3n) is 4.32. The molecule has 0 saturated heterocycles. The van der Waals surface area contributed by atoms with Gasteiger partial charge in [-0.25, -0.2) is 9.67 Å². The second-order valence-corrected chi connectivity index (χ2v) is 5.72. The van der Waals surface area contributed by atoms with Crippen molar-refractivity contribution in [2.24, 2.45) is 0 Å². The van der Waals surface area contributed by atoms with E-state index in [1.807, 2.05) is 23.3 Å². The molecule has 5 heteroatoms. The number of aromatic nitrogens is 5. The molecule has 112 valence electrons. The van der Waals surface area contributed by atoms with Gasteiger partial charge in [0.25, 0.3) is 0 Å². The predicted octanol–water partition coefficient (Wildman–Crippen LogP) is 3.80. The Hall–Kier alpha value is -2.43. The maximum atomic E-state index is 4.71. The Bertz CT molecular complexity index is 826. The zero-order valence-corrected chi connectivity index (χ0v) is 12.7. The summed E-state index contributed by atoms with van der Waals surface area (Å²) in [7, 11) is 0. The largest absolute Gasteiger partial charge is 0.285 e. The SMILES string of the molecule is CCn1nc(-c2cn[nH]c2)c2cc(C3=CCCCC3)cnc21. The average molecular weight is 293 g/mol. The summed E-state index contributed by atoms with van der Waals surface area (Å²) in [4.78, 5) is 4.69. The number of pyridine rings is 1. The minimum Gasteiger partial charge on any atom is -0.285 e. The van der Waals surface area contributed by atoms with E-state index in [9.17, 15) is 0 Å². The third-order valence-corrected chi connectivity index (χ3v) is 4.32. The summed E-state index contributed by atoms with van der Waals surface area (Å²) < 4.78 is 1.96. The van der Waals surface area contributed by atoms with Gasteiger partial charge in [0.2, 0.25) is 0 Å². The summed E-state index contributed by atoms with van der Waals surface area (Å²) in [6.07, 6.45) is 12.9. The molecule has 22 heavy (non-hydrogen) atoms. The van der Waals surface area contributed by atoms with Crippen LogP contribution in [0.5, 0.6) is 0 Å². The number of fused-ring (bicyclic) bond motifs is 1. The summed E-state index contributed by atoms with van der Waals surface area (Å²) in [5, 5.41) is 12.7. The average Bonchev–Trinajstić information content (AvgIpc) is 3.22. The highest BCUT2D eigenvalue weighted by Crippen LogP contribution is 2.31. The minimum atomic E-state index is 0.809. The number of rotatable bonds is 3. The van der Waals surface area contributed by atoms with Crippen molar-refractivity contribution >= 4 is 16.6 Å². The van der Waals surface area contributed by atoms with Gasteiger partial charge < -0.3 is 0 Å². The smallest absolute Gasteiger partial charge is 0.158 e. The molecule has 0 unspecified atom stereocenters. The first-order valence-corrected chi connectivity index (χ1v) is 7.92. The Balaban J connectivity index is 1.90. The molecular weight excluding hydrogens is 274 g/mol. The van der Waals surface area contributed by atoms with Crippen LogP contribution in [0.1, 0.15) is 38.2 Å². The van der Waals surface area contributed by atoms with E-state index in [1.165, 1.54) is 30.4 Å². The molecule has 0 fully saturated rings. The Morgan fingerprint density at radius 3 is 2.91 bits per heavy atom. The van der Waals surface area contributed by atoms with Gasteiger partial charge in [-0.1, -0.05) is 6.08 Å². The van der Waals surface area contributed by atoms with Crippen LogP contribution in [0.4, 0.5) is 0 Å². The number of allylic oxidation sites excluding steroid dienone is 2. The molecule has 0 saturated carbocycles. The monoisotopic (exact) mass is 293 g/mol. The first-order chi connectivity index (χ1) is 10.9. The fourth-order valence-corrected chi connectivity index (χ4v) is 3.15. The number of aromatic amines is 1. The molecule has 0 spiro atoms. The molecule has 1 aliphatic rings. The molecule has 1 N–H and O–H groups in total. The van der Waals surface area contributed by atoms with Crippen molar-refractivity contribution in [1.82, 2.24) is 25.0 Å². The van der Waals surface area contributed by atoms with Crippen molar-refractivity contribution in [1.29, 1.82) is 0 Å². The van der Waals surface area contributed by atoms with Crippen LogP contribution in [-0.2, 0) is 6.54 Å². The maximum absolute atomic E-state index is 4.71. The van der Waals surface area contributed by atoms with E-state index in [2.05, 4.69) is 34.2 Å².